The number of rotatable bonds is 4. The minimum absolute atomic E-state index is 0.0312. The summed E-state index contributed by atoms with van der Waals surface area (Å²) in [5.41, 5.74) is -0.0518. The Labute approximate surface area is 94.6 Å². The molecule has 1 aromatic rings. The van der Waals surface area contributed by atoms with Crippen LogP contribution in [0.2, 0.25) is 0 Å². The first-order chi connectivity index (χ1) is 7.75. The Morgan fingerprint density at radius 1 is 1.47 bits per heavy atom. The number of hydrogen-bond donors (Lipinski definition) is 1. The number of aromatic nitrogens is 2. The summed E-state index contributed by atoms with van der Waals surface area (Å²) in [5, 5.41) is 5.45. The molecule has 4 nitrogen and oxygen atoms in total. The number of nitrogens with one attached hydrogen (secondary N) is 1. The van der Waals surface area contributed by atoms with Crippen molar-refractivity contribution in [2.75, 3.05) is 5.32 Å². The lowest BCUT2D eigenvalue weighted by Gasteiger charge is -2.13. The van der Waals surface area contributed by atoms with Gasteiger partial charge in [-0.1, -0.05) is 0 Å². The van der Waals surface area contributed by atoms with Crippen LogP contribution in [0.15, 0.2) is 12.4 Å². The predicted octanol–water partition coefficient (Wildman–Crippen LogP) is 2.30. The molecule has 0 saturated heterocycles. The summed E-state index contributed by atoms with van der Waals surface area (Å²) in [5.74, 6) is -6.75. The number of anilines is 1. The summed E-state index contributed by atoms with van der Waals surface area (Å²) < 4.78 is 50.3. The molecule has 1 amide bonds. The van der Waals surface area contributed by atoms with Crippen molar-refractivity contribution in [3.63, 3.8) is 0 Å². The minimum atomic E-state index is -4.71. The van der Waals surface area contributed by atoms with E-state index in [0.29, 0.717) is 0 Å². The second-order valence-electron chi connectivity index (χ2n) is 3.68. The minimum Gasteiger partial charge on any atom is -0.318 e. The standard InChI is InChI=1S/C9H11F4N3O/c1-5(2)16-4-6(3-14-16)15-8(17)9(12,13)7(10)11/h3-5,7H,1-2H3,(H,15,17). The van der Waals surface area contributed by atoms with E-state index in [2.05, 4.69) is 5.10 Å². The van der Waals surface area contributed by atoms with Crippen LogP contribution in [0.25, 0.3) is 0 Å². The van der Waals surface area contributed by atoms with Gasteiger partial charge < -0.3 is 5.32 Å². The zero-order chi connectivity index (χ0) is 13.2. The van der Waals surface area contributed by atoms with Gasteiger partial charge in [0.2, 0.25) is 0 Å². The van der Waals surface area contributed by atoms with E-state index in [0.717, 1.165) is 6.20 Å². The van der Waals surface area contributed by atoms with Gasteiger partial charge in [0.15, 0.2) is 0 Å². The molecule has 0 spiro atoms. The summed E-state index contributed by atoms with van der Waals surface area (Å²) in [6.45, 7) is 3.57. The number of nitrogens with zero attached hydrogens (tertiary/aromatic N) is 2. The maximum atomic E-state index is 12.6. The lowest BCUT2D eigenvalue weighted by atomic mass is 10.3. The topological polar surface area (TPSA) is 46.9 Å². The lowest BCUT2D eigenvalue weighted by Crippen LogP contribution is -2.40. The van der Waals surface area contributed by atoms with Gasteiger partial charge in [-0.15, -0.1) is 0 Å². The van der Waals surface area contributed by atoms with Gasteiger partial charge in [0.1, 0.15) is 0 Å². The average Bonchev–Trinajstić information content (AvgIpc) is 2.65. The monoisotopic (exact) mass is 253 g/mol. The molecule has 0 atom stereocenters. The fourth-order valence-corrected chi connectivity index (χ4v) is 0.999. The first-order valence-electron chi connectivity index (χ1n) is 4.76. The first kappa shape index (κ1) is 13.5. The van der Waals surface area contributed by atoms with Gasteiger partial charge in [-0.25, -0.2) is 8.78 Å². The van der Waals surface area contributed by atoms with Crippen LogP contribution in [0.5, 0.6) is 0 Å². The molecule has 0 aliphatic heterocycles. The van der Waals surface area contributed by atoms with Crippen molar-refractivity contribution in [3.8, 4) is 0 Å². The highest BCUT2D eigenvalue weighted by Gasteiger charge is 2.49. The van der Waals surface area contributed by atoms with Crippen LogP contribution in [0.4, 0.5) is 23.2 Å². The lowest BCUT2D eigenvalue weighted by molar-refractivity contribution is -0.163. The van der Waals surface area contributed by atoms with Crippen molar-refractivity contribution in [2.45, 2.75) is 32.2 Å². The number of amides is 1. The molecular weight excluding hydrogens is 242 g/mol. The fourth-order valence-electron chi connectivity index (χ4n) is 0.999. The predicted molar refractivity (Wildman–Crippen MR) is 52.2 cm³/mol. The van der Waals surface area contributed by atoms with E-state index in [9.17, 15) is 22.4 Å². The fraction of sp³-hybridized carbons (Fsp3) is 0.556. The van der Waals surface area contributed by atoms with Crippen LogP contribution in [-0.2, 0) is 4.79 Å². The Morgan fingerprint density at radius 3 is 2.47 bits per heavy atom. The van der Waals surface area contributed by atoms with E-state index in [1.54, 1.807) is 19.2 Å². The summed E-state index contributed by atoms with van der Waals surface area (Å²) in [4.78, 5) is 10.9. The molecule has 0 aliphatic carbocycles. The number of hydrogen-bond acceptors (Lipinski definition) is 2. The zero-order valence-electron chi connectivity index (χ0n) is 9.12. The van der Waals surface area contributed by atoms with Crippen LogP contribution in [-0.4, -0.2) is 28.0 Å². The Hall–Kier alpha value is -1.60. The molecule has 0 bridgehead atoms. The Kier molecular flexibility index (Phi) is 3.74. The van der Waals surface area contributed by atoms with Crippen molar-refractivity contribution in [1.29, 1.82) is 0 Å². The molecule has 0 radical (unpaired) electrons. The van der Waals surface area contributed by atoms with E-state index < -0.39 is 18.3 Å². The highest BCUT2D eigenvalue weighted by atomic mass is 19.3. The molecule has 0 unspecified atom stereocenters. The van der Waals surface area contributed by atoms with Crippen molar-refractivity contribution in [1.82, 2.24) is 9.78 Å². The SMILES string of the molecule is CC(C)n1cc(NC(=O)C(F)(F)C(F)F)cn1. The smallest absolute Gasteiger partial charge is 0.318 e. The number of carbonyl (C=O) groups is 1. The number of halogens is 4. The molecule has 1 aromatic heterocycles. The maximum Gasteiger partial charge on any atom is 0.383 e. The zero-order valence-corrected chi connectivity index (χ0v) is 9.12. The second kappa shape index (κ2) is 4.72. The van der Waals surface area contributed by atoms with Crippen LogP contribution in [0, 0.1) is 0 Å². The van der Waals surface area contributed by atoms with E-state index in [4.69, 9.17) is 0 Å². The number of alkyl halides is 4. The highest BCUT2D eigenvalue weighted by molar-refractivity contribution is 5.96. The molecule has 0 fully saturated rings. The maximum absolute atomic E-state index is 12.6. The number of carbonyl (C=O) groups excluding carboxylic acids is 1. The van der Waals surface area contributed by atoms with Crippen LogP contribution >= 0.6 is 0 Å². The van der Waals surface area contributed by atoms with Gasteiger partial charge in [-0.3, -0.25) is 9.48 Å². The third-order valence-electron chi connectivity index (χ3n) is 1.97. The van der Waals surface area contributed by atoms with Gasteiger partial charge in [-0.2, -0.15) is 13.9 Å². The van der Waals surface area contributed by atoms with E-state index in [1.807, 2.05) is 0 Å². The van der Waals surface area contributed by atoms with Gasteiger partial charge in [0.05, 0.1) is 11.9 Å². The molecule has 8 heteroatoms. The summed E-state index contributed by atoms with van der Waals surface area (Å²) in [7, 11) is 0. The van der Waals surface area contributed by atoms with Crippen LogP contribution in [0.1, 0.15) is 19.9 Å². The quantitative estimate of drug-likeness (QED) is 0.837. The first-order valence-corrected chi connectivity index (χ1v) is 4.76. The summed E-state index contributed by atoms with van der Waals surface area (Å²) >= 11 is 0. The Morgan fingerprint density at radius 2 is 2.06 bits per heavy atom. The molecule has 1 heterocycles. The van der Waals surface area contributed by atoms with Gasteiger partial charge in [0.25, 0.3) is 0 Å². The van der Waals surface area contributed by atoms with E-state index in [1.165, 1.54) is 10.9 Å². The highest BCUT2D eigenvalue weighted by Crippen LogP contribution is 2.24. The molecule has 1 N–H and O–H groups in total. The average molecular weight is 253 g/mol. The molecular formula is C9H11F4N3O. The van der Waals surface area contributed by atoms with Gasteiger partial charge >= 0.3 is 18.3 Å². The third kappa shape index (κ3) is 2.95. The molecule has 0 aromatic carbocycles. The normalized spacial score (nSPS) is 12.2. The largest absolute Gasteiger partial charge is 0.383 e. The molecule has 17 heavy (non-hydrogen) atoms. The van der Waals surface area contributed by atoms with Crippen molar-refractivity contribution in [3.05, 3.63) is 12.4 Å². The van der Waals surface area contributed by atoms with Crippen molar-refractivity contribution in [2.24, 2.45) is 0 Å². The van der Waals surface area contributed by atoms with Crippen molar-refractivity contribution < 1.29 is 22.4 Å². The van der Waals surface area contributed by atoms with E-state index in [-0.39, 0.29) is 11.7 Å². The van der Waals surface area contributed by atoms with Gasteiger partial charge in [-0.05, 0) is 13.8 Å². The molecule has 0 saturated carbocycles. The Bertz CT molecular complexity index is 403. The molecule has 1 rings (SSSR count). The summed E-state index contributed by atoms with van der Waals surface area (Å²) in [6.07, 6.45) is -1.65. The van der Waals surface area contributed by atoms with E-state index >= 15 is 0 Å². The Balaban J connectivity index is 2.74. The second-order valence-corrected chi connectivity index (χ2v) is 3.68. The van der Waals surface area contributed by atoms with Crippen molar-refractivity contribution >= 4 is 11.6 Å². The molecule has 96 valence electrons. The van der Waals surface area contributed by atoms with Gasteiger partial charge in [0, 0.05) is 12.2 Å². The van der Waals surface area contributed by atoms with Crippen LogP contribution < -0.4 is 5.32 Å². The van der Waals surface area contributed by atoms with Crippen LogP contribution in [0.3, 0.4) is 0 Å². The summed E-state index contributed by atoms with van der Waals surface area (Å²) in [6, 6.07) is -0.0312. The molecule has 0 aliphatic rings. The third-order valence-corrected chi connectivity index (χ3v) is 1.97.